The first-order valence-electron chi connectivity index (χ1n) is 5.30. The third kappa shape index (κ3) is 3.81. The molecule has 0 fully saturated rings. The van der Waals surface area contributed by atoms with Gasteiger partial charge in [0.15, 0.2) is 17.5 Å². The lowest BCUT2D eigenvalue weighted by molar-refractivity contribution is 0.297. The van der Waals surface area contributed by atoms with E-state index in [2.05, 4.69) is 4.99 Å². The first kappa shape index (κ1) is 15.2. The summed E-state index contributed by atoms with van der Waals surface area (Å²) in [6.45, 7) is 1.60. The molecule has 18 heavy (non-hydrogen) atoms. The van der Waals surface area contributed by atoms with E-state index < -0.39 is 0 Å². The molecule has 5 nitrogen and oxygen atoms in total. The van der Waals surface area contributed by atoms with Gasteiger partial charge in [-0.1, -0.05) is 11.6 Å². The number of hydrogen-bond donors (Lipinski definition) is 2. The third-order valence-electron chi connectivity index (χ3n) is 2.31. The Morgan fingerprint density at radius 3 is 2.72 bits per heavy atom. The molecule has 0 radical (unpaired) electrons. The quantitative estimate of drug-likeness (QED) is 0.464. The molecular weight excluding hydrogens is 368 g/mol. The highest BCUT2D eigenvalue weighted by atomic mass is 127. The Morgan fingerprint density at radius 1 is 1.28 bits per heavy atom. The average molecular weight is 384 g/mol. The van der Waals surface area contributed by atoms with Gasteiger partial charge in [0.1, 0.15) is 0 Å². The number of ether oxygens (including phenoxy) is 2. The molecule has 0 saturated carbocycles. The molecule has 0 spiro atoms. The summed E-state index contributed by atoms with van der Waals surface area (Å²) in [7, 11) is 0. The van der Waals surface area contributed by atoms with Crippen LogP contribution in [-0.4, -0.2) is 19.2 Å². The van der Waals surface area contributed by atoms with Crippen LogP contribution in [0.2, 0.25) is 5.02 Å². The molecule has 1 aromatic carbocycles. The van der Waals surface area contributed by atoms with Crippen LogP contribution in [0, 0.1) is 0 Å². The zero-order valence-corrected chi connectivity index (χ0v) is 12.8. The molecule has 1 aliphatic rings. The van der Waals surface area contributed by atoms with Gasteiger partial charge < -0.3 is 20.9 Å². The highest BCUT2D eigenvalue weighted by molar-refractivity contribution is 14.0. The van der Waals surface area contributed by atoms with Crippen LogP contribution in [0.15, 0.2) is 17.1 Å². The predicted octanol–water partition coefficient (Wildman–Crippen LogP) is 1.89. The van der Waals surface area contributed by atoms with Crippen LogP contribution in [0.25, 0.3) is 0 Å². The number of hydrogen-bond acceptors (Lipinski definition) is 3. The minimum Gasteiger partial charge on any atom is -0.489 e. The molecule has 0 saturated heterocycles. The van der Waals surface area contributed by atoms with Crippen LogP contribution in [0.1, 0.15) is 12.0 Å². The second-order valence-corrected chi connectivity index (χ2v) is 4.10. The Labute approximate surface area is 127 Å². The highest BCUT2D eigenvalue weighted by Crippen LogP contribution is 2.38. The first-order valence-corrected chi connectivity index (χ1v) is 5.68. The molecule has 0 bridgehead atoms. The SMILES string of the molecule is I.NC(N)=NCc1cc(Cl)c2c(c1)OCCCO2. The van der Waals surface area contributed by atoms with Crippen molar-refractivity contribution in [3.05, 3.63) is 22.7 Å². The van der Waals surface area contributed by atoms with E-state index in [1.165, 1.54) is 0 Å². The Kier molecular flexibility index (Phi) is 5.80. The molecule has 4 N–H and O–H groups in total. The fraction of sp³-hybridized carbons (Fsp3) is 0.364. The lowest BCUT2D eigenvalue weighted by Crippen LogP contribution is -2.22. The molecule has 0 aliphatic carbocycles. The van der Waals surface area contributed by atoms with Crippen molar-refractivity contribution in [2.24, 2.45) is 16.5 Å². The van der Waals surface area contributed by atoms with Crippen LogP contribution < -0.4 is 20.9 Å². The van der Waals surface area contributed by atoms with E-state index >= 15 is 0 Å². The van der Waals surface area contributed by atoms with E-state index in [1.54, 1.807) is 6.07 Å². The Balaban J connectivity index is 0.00000162. The van der Waals surface area contributed by atoms with Gasteiger partial charge in [-0.05, 0) is 17.7 Å². The minimum absolute atomic E-state index is 0. The average Bonchev–Trinajstić information content (AvgIpc) is 2.51. The fourth-order valence-electron chi connectivity index (χ4n) is 1.56. The summed E-state index contributed by atoms with van der Waals surface area (Å²) >= 11 is 6.12. The Hall–Kier alpha value is -0.890. The van der Waals surface area contributed by atoms with Crippen LogP contribution in [0.4, 0.5) is 0 Å². The van der Waals surface area contributed by atoms with E-state index in [1.807, 2.05) is 6.07 Å². The van der Waals surface area contributed by atoms with Crippen LogP contribution in [-0.2, 0) is 6.54 Å². The fourth-order valence-corrected chi connectivity index (χ4v) is 1.85. The van der Waals surface area contributed by atoms with Crippen molar-refractivity contribution in [2.45, 2.75) is 13.0 Å². The van der Waals surface area contributed by atoms with Crippen molar-refractivity contribution < 1.29 is 9.47 Å². The van der Waals surface area contributed by atoms with E-state index in [0.717, 1.165) is 12.0 Å². The second-order valence-electron chi connectivity index (χ2n) is 3.70. The maximum Gasteiger partial charge on any atom is 0.186 e. The van der Waals surface area contributed by atoms with Crippen molar-refractivity contribution in [1.82, 2.24) is 0 Å². The van der Waals surface area contributed by atoms with Gasteiger partial charge in [0.2, 0.25) is 0 Å². The van der Waals surface area contributed by atoms with E-state index in [9.17, 15) is 0 Å². The number of halogens is 2. The molecular formula is C11H15ClIN3O2. The van der Waals surface area contributed by atoms with E-state index in [0.29, 0.717) is 36.3 Å². The van der Waals surface area contributed by atoms with Gasteiger partial charge in [-0.15, -0.1) is 24.0 Å². The zero-order chi connectivity index (χ0) is 12.3. The molecule has 1 aromatic rings. The number of rotatable bonds is 2. The number of nitrogens with zero attached hydrogens (tertiary/aromatic N) is 1. The molecule has 0 unspecified atom stereocenters. The molecule has 100 valence electrons. The van der Waals surface area contributed by atoms with Crippen LogP contribution in [0.3, 0.4) is 0 Å². The van der Waals surface area contributed by atoms with Gasteiger partial charge in [-0.3, -0.25) is 0 Å². The number of fused-ring (bicyclic) bond motifs is 1. The van der Waals surface area contributed by atoms with Crippen LogP contribution >= 0.6 is 35.6 Å². The second kappa shape index (κ2) is 6.89. The van der Waals surface area contributed by atoms with E-state index in [4.69, 9.17) is 32.5 Å². The Morgan fingerprint density at radius 2 is 2.00 bits per heavy atom. The summed E-state index contributed by atoms with van der Waals surface area (Å²) in [5.74, 6) is 1.29. The molecule has 1 aliphatic heterocycles. The largest absolute Gasteiger partial charge is 0.489 e. The van der Waals surface area contributed by atoms with Gasteiger partial charge in [-0.25, -0.2) is 4.99 Å². The first-order chi connectivity index (χ1) is 8.16. The maximum atomic E-state index is 6.12. The molecule has 0 aromatic heterocycles. The predicted molar refractivity (Wildman–Crippen MR) is 82.0 cm³/mol. The van der Waals surface area contributed by atoms with Gasteiger partial charge in [-0.2, -0.15) is 0 Å². The summed E-state index contributed by atoms with van der Waals surface area (Å²) in [5.41, 5.74) is 11.4. The normalized spacial score (nSPS) is 13.2. The topological polar surface area (TPSA) is 82.9 Å². The molecule has 1 heterocycles. The van der Waals surface area contributed by atoms with Crippen molar-refractivity contribution in [2.75, 3.05) is 13.2 Å². The zero-order valence-electron chi connectivity index (χ0n) is 9.69. The van der Waals surface area contributed by atoms with Gasteiger partial charge >= 0.3 is 0 Å². The summed E-state index contributed by atoms with van der Waals surface area (Å²) < 4.78 is 11.1. The van der Waals surface area contributed by atoms with Gasteiger partial charge in [0.25, 0.3) is 0 Å². The summed E-state index contributed by atoms with van der Waals surface area (Å²) in [6.07, 6.45) is 0.842. The lowest BCUT2D eigenvalue weighted by atomic mass is 10.2. The number of guanidine groups is 1. The summed E-state index contributed by atoms with van der Waals surface area (Å²) in [6, 6.07) is 3.63. The van der Waals surface area contributed by atoms with Crippen molar-refractivity contribution in [1.29, 1.82) is 0 Å². The molecule has 0 atom stereocenters. The standard InChI is InChI=1S/C11H14ClN3O2.HI/c12-8-4-7(6-15-11(13)14)5-9-10(8)17-3-1-2-16-9;/h4-5H,1-3,6H2,(H4,13,14,15);1H. The monoisotopic (exact) mass is 383 g/mol. The molecule has 0 amide bonds. The van der Waals surface area contributed by atoms with Crippen LogP contribution in [0.5, 0.6) is 11.5 Å². The summed E-state index contributed by atoms with van der Waals surface area (Å²) in [5, 5.41) is 0.519. The molecule has 7 heteroatoms. The molecule has 2 rings (SSSR count). The highest BCUT2D eigenvalue weighted by Gasteiger charge is 2.15. The van der Waals surface area contributed by atoms with Crippen molar-refractivity contribution >= 4 is 41.5 Å². The smallest absolute Gasteiger partial charge is 0.186 e. The van der Waals surface area contributed by atoms with Crippen molar-refractivity contribution in [3.63, 3.8) is 0 Å². The van der Waals surface area contributed by atoms with E-state index in [-0.39, 0.29) is 29.9 Å². The van der Waals surface area contributed by atoms with Gasteiger partial charge in [0.05, 0.1) is 24.8 Å². The lowest BCUT2D eigenvalue weighted by Gasteiger charge is -2.10. The maximum absolute atomic E-state index is 6.12. The number of benzene rings is 1. The third-order valence-corrected chi connectivity index (χ3v) is 2.59. The van der Waals surface area contributed by atoms with Crippen molar-refractivity contribution in [3.8, 4) is 11.5 Å². The summed E-state index contributed by atoms with van der Waals surface area (Å²) in [4.78, 5) is 3.93. The number of nitrogens with two attached hydrogens (primary N) is 2. The minimum atomic E-state index is 0. The Bertz CT molecular complexity index is 450. The number of aliphatic imine (C=N–C) groups is 1. The van der Waals surface area contributed by atoms with Gasteiger partial charge in [0, 0.05) is 6.42 Å².